The molecule has 1 N–H and O–H groups in total. The van der Waals surface area contributed by atoms with Crippen LogP contribution in [0.3, 0.4) is 0 Å². The Labute approximate surface area is 175 Å². The van der Waals surface area contributed by atoms with Gasteiger partial charge in [-0.1, -0.05) is 26.0 Å². The van der Waals surface area contributed by atoms with Crippen LogP contribution >= 0.6 is 0 Å². The van der Waals surface area contributed by atoms with Crippen molar-refractivity contribution in [3.05, 3.63) is 60.7 Å². The Hall–Kier alpha value is -3.35. The molecule has 0 saturated heterocycles. The Bertz CT molecular complexity index is 1160. The van der Waals surface area contributed by atoms with Gasteiger partial charge >= 0.3 is 0 Å². The summed E-state index contributed by atoms with van der Waals surface area (Å²) < 4.78 is 9.45. The van der Waals surface area contributed by atoms with E-state index in [9.17, 15) is 4.79 Å². The zero-order chi connectivity index (χ0) is 21.1. The minimum absolute atomic E-state index is 0.00178. The highest BCUT2D eigenvalue weighted by atomic mass is 16.5. The highest BCUT2D eigenvalue weighted by Crippen LogP contribution is 2.26. The number of ether oxygens (including phenoxy) is 1. The van der Waals surface area contributed by atoms with Gasteiger partial charge in [-0.05, 0) is 42.7 Å². The number of pyridine rings is 1. The molecule has 0 aliphatic heterocycles. The number of methoxy groups -OCH3 is 1. The van der Waals surface area contributed by atoms with E-state index in [2.05, 4.69) is 33.9 Å². The average Bonchev–Trinajstić information content (AvgIpc) is 3.35. The minimum atomic E-state index is -0.184. The van der Waals surface area contributed by atoms with E-state index < -0.39 is 0 Å². The fourth-order valence-electron chi connectivity index (χ4n) is 3.85. The average molecular weight is 406 g/mol. The van der Waals surface area contributed by atoms with E-state index in [1.165, 1.54) is 0 Å². The lowest BCUT2D eigenvalue weighted by molar-refractivity contribution is -0.122. The maximum absolute atomic E-state index is 12.8. The fraction of sp³-hybridized carbons (Fsp3) is 0.348. The van der Waals surface area contributed by atoms with Crippen LogP contribution in [0, 0.1) is 5.92 Å². The van der Waals surface area contributed by atoms with E-state index in [-0.39, 0.29) is 11.9 Å². The Morgan fingerprint density at radius 2 is 1.97 bits per heavy atom. The second-order valence-corrected chi connectivity index (χ2v) is 7.89. The zero-order valence-corrected chi connectivity index (χ0v) is 17.6. The molecule has 0 bridgehead atoms. The molecule has 4 aromatic rings. The molecule has 7 heteroatoms. The van der Waals surface area contributed by atoms with Crippen molar-refractivity contribution in [2.45, 2.75) is 39.3 Å². The molecular weight excluding hydrogens is 378 g/mol. The number of benzene rings is 1. The molecule has 4 rings (SSSR count). The Kier molecular flexibility index (Phi) is 5.70. The molecular formula is C23H27N5O2. The van der Waals surface area contributed by atoms with Gasteiger partial charge in [-0.2, -0.15) is 0 Å². The van der Waals surface area contributed by atoms with Crippen LogP contribution in [0.1, 0.15) is 38.6 Å². The molecule has 3 heterocycles. The van der Waals surface area contributed by atoms with Gasteiger partial charge in [0.05, 0.1) is 18.7 Å². The molecule has 1 amide bonds. The van der Waals surface area contributed by atoms with Gasteiger partial charge in [-0.15, -0.1) is 10.2 Å². The monoisotopic (exact) mass is 405 g/mol. The smallest absolute Gasteiger partial charge is 0.222 e. The second-order valence-electron chi connectivity index (χ2n) is 7.89. The number of amides is 1. The zero-order valence-electron chi connectivity index (χ0n) is 17.6. The summed E-state index contributed by atoms with van der Waals surface area (Å²) in [6.07, 6.45) is 5.11. The summed E-state index contributed by atoms with van der Waals surface area (Å²) in [4.78, 5) is 12.8. The predicted octanol–water partition coefficient (Wildman–Crippen LogP) is 3.99. The van der Waals surface area contributed by atoms with Crippen molar-refractivity contribution in [1.29, 1.82) is 0 Å². The topological polar surface area (TPSA) is 73.4 Å². The number of hydrogen-bond donors (Lipinski definition) is 1. The first-order chi connectivity index (χ1) is 14.6. The van der Waals surface area contributed by atoms with E-state index in [1.54, 1.807) is 7.11 Å². The molecule has 0 aliphatic rings. The molecule has 3 aromatic heterocycles. The van der Waals surface area contributed by atoms with Gasteiger partial charge in [0.2, 0.25) is 5.91 Å². The lowest BCUT2D eigenvalue weighted by Crippen LogP contribution is -2.31. The number of carbonyl (C=O) groups excluding carboxylic acids is 1. The van der Waals surface area contributed by atoms with Crippen molar-refractivity contribution < 1.29 is 9.53 Å². The molecule has 0 radical (unpaired) electrons. The minimum Gasteiger partial charge on any atom is -0.496 e. The number of aromatic nitrogens is 4. The number of fused-ring (bicyclic) bond motifs is 2. The molecule has 7 nitrogen and oxygen atoms in total. The third kappa shape index (κ3) is 4.01. The highest BCUT2D eigenvalue weighted by molar-refractivity contribution is 5.86. The summed E-state index contributed by atoms with van der Waals surface area (Å²) in [5.41, 5.74) is 1.84. The van der Waals surface area contributed by atoms with Gasteiger partial charge in [0.1, 0.15) is 5.75 Å². The maximum atomic E-state index is 12.8. The maximum Gasteiger partial charge on any atom is 0.222 e. The molecule has 1 unspecified atom stereocenters. The SMILES string of the molecule is COc1cccc2c1ccn2CCC(=O)NC(CC(C)C)c1nnc2ccccn12. The van der Waals surface area contributed by atoms with Crippen molar-refractivity contribution in [3.8, 4) is 5.75 Å². The molecule has 0 aliphatic carbocycles. The third-order valence-corrected chi connectivity index (χ3v) is 5.27. The Morgan fingerprint density at radius 3 is 2.77 bits per heavy atom. The number of carbonyl (C=O) groups is 1. The van der Waals surface area contributed by atoms with Gasteiger partial charge in [0.15, 0.2) is 11.5 Å². The first-order valence-corrected chi connectivity index (χ1v) is 10.3. The lowest BCUT2D eigenvalue weighted by Gasteiger charge is -2.19. The molecule has 0 fully saturated rings. The number of aryl methyl sites for hydroxylation is 1. The summed E-state index contributed by atoms with van der Waals surface area (Å²) in [6, 6.07) is 13.6. The Morgan fingerprint density at radius 1 is 1.10 bits per heavy atom. The number of nitrogens with zero attached hydrogens (tertiary/aromatic N) is 4. The van der Waals surface area contributed by atoms with E-state index in [0.29, 0.717) is 18.9 Å². The highest BCUT2D eigenvalue weighted by Gasteiger charge is 2.21. The van der Waals surface area contributed by atoms with Crippen LogP contribution in [-0.2, 0) is 11.3 Å². The van der Waals surface area contributed by atoms with E-state index in [1.807, 2.05) is 59.3 Å². The number of rotatable bonds is 8. The van der Waals surface area contributed by atoms with Crippen molar-refractivity contribution >= 4 is 22.5 Å². The molecule has 0 saturated carbocycles. The van der Waals surface area contributed by atoms with Gasteiger partial charge < -0.3 is 14.6 Å². The van der Waals surface area contributed by atoms with E-state index >= 15 is 0 Å². The van der Waals surface area contributed by atoms with Gasteiger partial charge in [-0.25, -0.2) is 0 Å². The number of nitrogens with one attached hydrogen (secondary N) is 1. The predicted molar refractivity (Wildman–Crippen MR) is 116 cm³/mol. The summed E-state index contributed by atoms with van der Waals surface area (Å²) in [6.45, 7) is 4.88. The largest absolute Gasteiger partial charge is 0.496 e. The van der Waals surface area contributed by atoms with E-state index in [4.69, 9.17) is 4.74 Å². The van der Waals surface area contributed by atoms with Crippen LogP contribution in [-0.4, -0.2) is 32.2 Å². The van der Waals surface area contributed by atoms with Crippen molar-refractivity contribution in [2.75, 3.05) is 7.11 Å². The van der Waals surface area contributed by atoms with Crippen LogP contribution in [0.2, 0.25) is 0 Å². The van der Waals surface area contributed by atoms with Crippen molar-refractivity contribution in [2.24, 2.45) is 5.92 Å². The first kappa shape index (κ1) is 19.9. The van der Waals surface area contributed by atoms with Crippen LogP contribution in [0.5, 0.6) is 5.75 Å². The van der Waals surface area contributed by atoms with Crippen LogP contribution in [0.15, 0.2) is 54.9 Å². The van der Waals surface area contributed by atoms with Gasteiger partial charge in [-0.3, -0.25) is 9.20 Å². The molecule has 30 heavy (non-hydrogen) atoms. The molecule has 156 valence electrons. The summed E-state index contributed by atoms with van der Waals surface area (Å²) in [5, 5.41) is 12.8. The lowest BCUT2D eigenvalue weighted by atomic mass is 10.0. The molecule has 1 aromatic carbocycles. The van der Waals surface area contributed by atoms with Crippen LogP contribution in [0.25, 0.3) is 16.6 Å². The Balaban J connectivity index is 1.48. The summed E-state index contributed by atoms with van der Waals surface area (Å²) >= 11 is 0. The second kappa shape index (κ2) is 8.57. The molecule has 0 spiro atoms. The summed E-state index contributed by atoms with van der Waals surface area (Å²) in [5.74, 6) is 2.01. The fourth-order valence-corrected chi connectivity index (χ4v) is 3.85. The van der Waals surface area contributed by atoms with Crippen molar-refractivity contribution in [1.82, 2.24) is 24.5 Å². The normalized spacial score (nSPS) is 12.5. The van der Waals surface area contributed by atoms with Crippen molar-refractivity contribution in [3.63, 3.8) is 0 Å². The third-order valence-electron chi connectivity index (χ3n) is 5.27. The quantitative estimate of drug-likeness (QED) is 0.481. The molecule has 1 atom stereocenters. The summed E-state index contributed by atoms with van der Waals surface area (Å²) in [7, 11) is 1.67. The number of hydrogen-bond acceptors (Lipinski definition) is 4. The van der Waals surface area contributed by atoms with Gasteiger partial charge in [0, 0.05) is 30.7 Å². The first-order valence-electron chi connectivity index (χ1n) is 10.3. The standard InChI is InChI=1S/C23H27N5O2/c1-16(2)15-18(23-26-25-21-9-4-5-12-28(21)23)24-22(29)11-14-27-13-10-17-19(27)7-6-8-20(17)30-3/h4-10,12-13,16,18H,11,14-15H2,1-3H3,(H,24,29). The van der Waals surface area contributed by atoms with Gasteiger partial charge in [0.25, 0.3) is 0 Å². The van der Waals surface area contributed by atoms with Crippen LogP contribution < -0.4 is 10.1 Å². The van der Waals surface area contributed by atoms with E-state index in [0.717, 1.165) is 34.5 Å². The van der Waals surface area contributed by atoms with Crippen LogP contribution in [0.4, 0.5) is 0 Å².